The Morgan fingerprint density at radius 1 is 1.32 bits per heavy atom. The van der Waals surface area contributed by atoms with Crippen LogP contribution in [0.1, 0.15) is 19.4 Å². The smallest absolute Gasteiger partial charge is 0.137 e. The monoisotopic (exact) mass is 265 g/mol. The molecule has 1 rings (SSSR count). The molecule has 104 valence electrons. The average Bonchev–Trinajstić information content (AvgIpc) is 2.37. The van der Waals surface area contributed by atoms with E-state index in [9.17, 15) is 4.39 Å². The van der Waals surface area contributed by atoms with Gasteiger partial charge in [0.25, 0.3) is 0 Å². The Hall–Kier alpha value is -1.57. The second kappa shape index (κ2) is 8.52. The summed E-state index contributed by atoms with van der Waals surface area (Å²) < 4.78 is 24.0. The van der Waals surface area contributed by atoms with Gasteiger partial charge in [0.1, 0.15) is 18.2 Å². The lowest BCUT2D eigenvalue weighted by Gasteiger charge is -2.10. The molecule has 0 saturated heterocycles. The Morgan fingerprint density at radius 3 is 2.79 bits per heavy atom. The number of hydrogen-bond acceptors (Lipinski definition) is 3. The predicted molar refractivity (Wildman–Crippen MR) is 73.5 cm³/mol. The highest BCUT2D eigenvalue weighted by Gasteiger charge is 2.03. The van der Waals surface area contributed by atoms with Crippen LogP contribution in [-0.4, -0.2) is 26.4 Å². The second-order valence-electron chi connectivity index (χ2n) is 4.46. The molecule has 0 unspecified atom stereocenters. The first-order valence-corrected chi connectivity index (χ1v) is 6.32. The summed E-state index contributed by atoms with van der Waals surface area (Å²) in [6.07, 6.45) is 0. The van der Waals surface area contributed by atoms with Crippen LogP contribution in [0, 0.1) is 23.6 Å². The minimum atomic E-state index is -0.351. The van der Waals surface area contributed by atoms with Crippen LogP contribution in [0.5, 0.6) is 5.75 Å². The van der Waals surface area contributed by atoms with Gasteiger partial charge in [-0.05, 0) is 18.1 Å². The Kier molecular flexibility index (Phi) is 6.94. The SMILES string of the molecule is CC(C)COCCOc1cc(F)ccc1C#CCN. The van der Waals surface area contributed by atoms with Gasteiger partial charge < -0.3 is 15.2 Å². The summed E-state index contributed by atoms with van der Waals surface area (Å²) in [6, 6.07) is 4.26. The van der Waals surface area contributed by atoms with Crippen LogP contribution in [0.25, 0.3) is 0 Å². The minimum absolute atomic E-state index is 0.258. The van der Waals surface area contributed by atoms with Crippen molar-refractivity contribution >= 4 is 0 Å². The van der Waals surface area contributed by atoms with Crippen molar-refractivity contribution in [2.45, 2.75) is 13.8 Å². The lowest BCUT2D eigenvalue weighted by atomic mass is 10.2. The van der Waals surface area contributed by atoms with Crippen molar-refractivity contribution in [3.8, 4) is 17.6 Å². The van der Waals surface area contributed by atoms with E-state index in [0.717, 1.165) is 0 Å². The zero-order chi connectivity index (χ0) is 14.1. The third-order valence-corrected chi connectivity index (χ3v) is 2.21. The van der Waals surface area contributed by atoms with Crippen LogP contribution in [0.15, 0.2) is 18.2 Å². The molecule has 0 bridgehead atoms. The maximum Gasteiger partial charge on any atom is 0.137 e. The van der Waals surface area contributed by atoms with Gasteiger partial charge in [0.05, 0.1) is 18.7 Å². The summed E-state index contributed by atoms with van der Waals surface area (Å²) in [7, 11) is 0. The van der Waals surface area contributed by atoms with Crippen molar-refractivity contribution in [1.82, 2.24) is 0 Å². The third kappa shape index (κ3) is 6.23. The molecule has 19 heavy (non-hydrogen) atoms. The van der Waals surface area contributed by atoms with E-state index >= 15 is 0 Å². The first-order valence-electron chi connectivity index (χ1n) is 6.32. The number of nitrogens with two attached hydrogens (primary N) is 1. The van der Waals surface area contributed by atoms with Crippen LogP contribution >= 0.6 is 0 Å². The fourth-order valence-electron chi connectivity index (χ4n) is 1.39. The van der Waals surface area contributed by atoms with Crippen molar-refractivity contribution in [1.29, 1.82) is 0 Å². The molecule has 1 aromatic carbocycles. The number of hydrogen-bond donors (Lipinski definition) is 1. The van der Waals surface area contributed by atoms with E-state index in [0.29, 0.717) is 37.1 Å². The van der Waals surface area contributed by atoms with Gasteiger partial charge in [0, 0.05) is 12.7 Å². The van der Waals surface area contributed by atoms with Gasteiger partial charge in [0.2, 0.25) is 0 Å². The van der Waals surface area contributed by atoms with Gasteiger partial charge in [-0.25, -0.2) is 4.39 Å². The molecule has 0 amide bonds. The van der Waals surface area contributed by atoms with E-state index in [4.69, 9.17) is 15.2 Å². The molecule has 2 N–H and O–H groups in total. The number of halogens is 1. The summed E-state index contributed by atoms with van der Waals surface area (Å²) in [5.74, 6) is 6.14. The summed E-state index contributed by atoms with van der Waals surface area (Å²) >= 11 is 0. The van der Waals surface area contributed by atoms with E-state index < -0.39 is 0 Å². The Balaban J connectivity index is 2.53. The van der Waals surface area contributed by atoms with Gasteiger partial charge in [-0.1, -0.05) is 25.7 Å². The Morgan fingerprint density at radius 2 is 2.11 bits per heavy atom. The van der Waals surface area contributed by atoms with E-state index in [1.807, 2.05) is 0 Å². The number of rotatable bonds is 6. The zero-order valence-corrected chi connectivity index (χ0v) is 11.4. The molecule has 0 atom stereocenters. The van der Waals surface area contributed by atoms with Crippen molar-refractivity contribution < 1.29 is 13.9 Å². The standard InChI is InChI=1S/C15H20FNO2/c1-12(2)11-18-8-9-19-15-10-14(16)6-5-13(15)4-3-7-17/h5-6,10,12H,7-9,11,17H2,1-2H3. The maximum atomic E-state index is 13.2. The molecule has 0 radical (unpaired) electrons. The molecule has 3 nitrogen and oxygen atoms in total. The van der Waals surface area contributed by atoms with Gasteiger partial charge in [-0.3, -0.25) is 0 Å². The van der Waals surface area contributed by atoms with Gasteiger partial charge in [-0.15, -0.1) is 0 Å². The molecule has 0 aliphatic rings. The highest BCUT2D eigenvalue weighted by molar-refractivity contribution is 5.46. The van der Waals surface area contributed by atoms with Crippen LogP contribution in [0.2, 0.25) is 0 Å². The summed E-state index contributed by atoms with van der Waals surface area (Å²) in [5, 5.41) is 0. The molecule has 0 aromatic heterocycles. The van der Waals surface area contributed by atoms with Gasteiger partial charge in [-0.2, -0.15) is 0 Å². The van der Waals surface area contributed by atoms with Gasteiger partial charge in [0.15, 0.2) is 0 Å². The molecule has 0 heterocycles. The Bertz CT molecular complexity index is 449. The lowest BCUT2D eigenvalue weighted by molar-refractivity contribution is 0.0817. The normalized spacial score (nSPS) is 10.2. The average molecular weight is 265 g/mol. The molecular formula is C15H20FNO2. The molecule has 0 spiro atoms. The molecule has 4 heteroatoms. The van der Waals surface area contributed by atoms with E-state index in [-0.39, 0.29) is 12.4 Å². The number of benzene rings is 1. The zero-order valence-electron chi connectivity index (χ0n) is 11.4. The van der Waals surface area contributed by atoms with E-state index in [1.54, 1.807) is 6.07 Å². The topological polar surface area (TPSA) is 44.5 Å². The molecular weight excluding hydrogens is 245 g/mol. The second-order valence-corrected chi connectivity index (χ2v) is 4.46. The van der Waals surface area contributed by atoms with Crippen LogP contribution < -0.4 is 10.5 Å². The van der Waals surface area contributed by atoms with E-state index in [1.165, 1.54) is 12.1 Å². The highest BCUT2D eigenvalue weighted by Crippen LogP contribution is 2.18. The maximum absolute atomic E-state index is 13.2. The van der Waals surface area contributed by atoms with E-state index in [2.05, 4.69) is 25.7 Å². The fraction of sp³-hybridized carbons (Fsp3) is 0.467. The molecule has 0 saturated carbocycles. The van der Waals surface area contributed by atoms with Crippen LogP contribution in [0.3, 0.4) is 0 Å². The van der Waals surface area contributed by atoms with Gasteiger partial charge >= 0.3 is 0 Å². The number of ether oxygens (including phenoxy) is 2. The summed E-state index contributed by atoms with van der Waals surface area (Å²) in [6.45, 7) is 5.94. The van der Waals surface area contributed by atoms with Crippen molar-refractivity contribution in [3.63, 3.8) is 0 Å². The van der Waals surface area contributed by atoms with Crippen molar-refractivity contribution in [2.24, 2.45) is 11.7 Å². The fourth-order valence-corrected chi connectivity index (χ4v) is 1.39. The van der Waals surface area contributed by atoms with Crippen molar-refractivity contribution in [3.05, 3.63) is 29.6 Å². The molecule has 0 fully saturated rings. The first kappa shape index (κ1) is 15.5. The quantitative estimate of drug-likeness (QED) is 0.633. The lowest BCUT2D eigenvalue weighted by Crippen LogP contribution is -2.10. The minimum Gasteiger partial charge on any atom is -0.490 e. The first-order chi connectivity index (χ1) is 9.13. The molecule has 0 aliphatic heterocycles. The molecule has 1 aromatic rings. The predicted octanol–water partition coefficient (Wildman–Crippen LogP) is 2.19. The van der Waals surface area contributed by atoms with Crippen LogP contribution in [-0.2, 0) is 4.74 Å². The largest absolute Gasteiger partial charge is 0.490 e. The third-order valence-electron chi connectivity index (χ3n) is 2.21. The summed E-state index contributed by atoms with van der Waals surface area (Å²) in [4.78, 5) is 0. The summed E-state index contributed by atoms with van der Waals surface area (Å²) in [5.41, 5.74) is 5.95. The highest BCUT2D eigenvalue weighted by atomic mass is 19.1. The molecule has 0 aliphatic carbocycles. The Labute approximate surface area is 113 Å². The van der Waals surface area contributed by atoms with Crippen molar-refractivity contribution in [2.75, 3.05) is 26.4 Å². The van der Waals surface area contributed by atoms with Crippen LogP contribution in [0.4, 0.5) is 4.39 Å².